The molecule has 1 aromatic heterocycles. The average Bonchev–Trinajstić information content (AvgIpc) is 2.67. The van der Waals surface area contributed by atoms with Crippen molar-refractivity contribution in [2.24, 2.45) is 5.73 Å². The molecule has 3 rings (SSSR count). The van der Waals surface area contributed by atoms with Crippen molar-refractivity contribution < 1.29 is 4.79 Å². The van der Waals surface area contributed by atoms with E-state index in [2.05, 4.69) is 0 Å². The second kappa shape index (κ2) is 7.41. The molecule has 0 saturated heterocycles. The number of nitrogens with one attached hydrogen (secondary N) is 1. The van der Waals surface area contributed by atoms with Gasteiger partial charge in [0.1, 0.15) is 12.1 Å². The summed E-state index contributed by atoms with van der Waals surface area (Å²) in [6.07, 6.45) is 2.80. The SMILES string of the molecule is CSc1ccc(-c2nc(-c3ccc(C=O)cc3)cc(N)c2C(=N)N)cc1. The van der Waals surface area contributed by atoms with Crippen molar-refractivity contribution in [1.29, 1.82) is 5.41 Å². The summed E-state index contributed by atoms with van der Waals surface area (Å²) in [5.41, 5.74) is 16.3. The van der Waals surface area contributed by atoms with Crippen LogP contribution < -0.4 is 11.5 Å². The van der Waals surface area contributed by atoms with Gasteiger partial charge in [-0.25, -0.2) is 4.98 Å². The standard InChI is InChI=1S/C20H18N4OS/c1-26-15-8-6-14(7-9-15)19-18(20(22)23)16(21)10-17(24-19)13-4-2-12(11-25)3-5-13/h2-11H,1H3,(H2,21,24)(H3,22,23). The monoisotopic (exact) mass is 362 g/mol. The quantitative estimate of drug-likeness (QED) is 0.277. The molecule has 6 heteroatoms. The minimum absolute atomic E-state index is 0.123. The molecular formula is C20H18N4OS. The van der Waals surface area contributed by atoms with Crippen LogP contribution in [-0.4, -0.2) is 23.4 Å². The normalized spacial score (nSPS) is 10.5. The molecule has 26 heavy (non-hydrogen) atoms. The van der Waals surface area contributed by atoms with Crippen LogP contribution in [0.25, 0.3) is 22.5 Å². The molecule has 0 fully saturated rings. The first kappa shape index (κ1) is 17.7. The summed E-state index contributed by atoms with van der Waals surface area (Å²) in [6.45, 7) is 0. The Morgan fingerprint density at radius 3 is 2.23 bits per heavy atom. The molecule has 0 unspecified atom stereocenters. The van der Waals surface area contributed by atoms with E-state index in [1.165, 1.54) is 0 Å². The summed E-state index contributed by atoms with van der Waals surface area (Å²) in [5, 5.41) is 7.89. The third-order valence-electron chi connectivity index (χ3n) is 4.03. The number of aldehydes is 1. The fraction of sp³-hybridized carbons (Fsp3) is 0.0500. The van der Waals surface area contributed by atoms with Crippen molar-refractivity contribution in [2.75, 3.05) is 12.0 Å². The Kier molecular flexibility index (Phi) is 5.04. The Balaban J connectivity index is 2.17. The predicted molar refractivity (Wildman–Crippen MR) is 108 cm³/mol. The largest absolute Gasteiger partial charge is 0.398 e. The van der Waals surface area contributed by atoms with Gasteiger partial charge in [-0.2, -0.15) is 0 Å². The van der Waals surface area contributed by atoms with Gasteiger partial charge in [0.05, 0.1) is 17.0 Å². The Bertz CT molecular complexity index is 966. The molecule has 130 valence electrons. The third-order valence-corrected chi connectivity index (χ3v) is 4.77. The van der Waals surface area contributed by atoms with Crippen LogP contribution in [0.1, 0.15) is 15.9 Å². The maximum Gasteiger partial charge on any atom is 0.150 e. The molecule has 2 aromatic carbocycles. The summed E-state index contributed by atoms with van der Waals surface area (Å²) in [7, 11) is 0. The highest BCUT2D eigenvalue weighted by Crippen LogP contribution is 2.31. The molecule has 0 aliphatic carbocycles. The molecule has 0 saturated carbocycles. The van der Waals surface area contributed by atoms with E-state index in [9.17, 15) is 4.79 Å². The van der Waals surface area contributed by atoms with Gasteiger partial charge in [-0.3, -0.25) is 10.2 Å². The lowest BCUT2D eigenvalue weighted by Crippen LogP contribution is -2.16. The van der Waals surface area contributed by atoms with Crippen LogP contribution in [0.3, 0.4) is 0 Å². The molecule has 0 aliphatic rings. The second-order valence-electron chi connectivity index (χ2n) is 5.70. The summed E-state index contributed by atoms with van der Waals surface area (Å²) in [5.74, 6) is -0.123. The van der Waals surface area contributed by atoms with Crippen molar-refractivity contribution in [3.63, 3.8) is 0 Å². The van der Waals surface area contributed by atoms with E-state index in [1.807, 2.05) is 42.7 Å². The van der Waals surface area contributed by atoms with Crippen LogP contribution in [0.4, 0.5) is 5.69 Å². The van der Waals surface area contributed by atoms with E-state index in [1.54, 1.807) is 30.0 Å². The molecule has 0 spiro atoms. The fourth-order valence-corrected chi connectivity index (χ4v) is 3.09. The zero-order chi connectivity index (χ0) is 18.7. The van der Waals surface area contributed by atoms with Gasteiger partial charge in [0.25, 0.3) is 0 Å². The van der Waals surface area contributed by atoms with Crippen LogP contribution in [0.5, 0.6) is 0 Å². The number of pyridine rings is 1. The first-order valence-corrected chi connectivity index (χ1v) is 9.11. The number of hydrogen-bond acceptors (Lipinski definition) is 5. The maximum atomic E-state index is 10.8. The van der Waals surface area contributed by atoms with Crippen molar-refractivity contribution in [1.82, 2.24) is 4.98 Å². The van der Waals surface area contributed by atoms with Crippen molar-refractivity contribution in [2.45, 2.75) is 4.90 Å². The van der Waals surface area contributed by atoms with E-state index in [0.717, 1.165) is 22.3 Å². The van der Waals surface area contributed by atoms with E-state index in [4.69, 9.17) is 21.9 Å². The molecule has 0 aliphatic heterocycles. The minimum Gasteiger partial charge on any atom is -0.398 e. The zero-order valence-corrected chi connectivity index (χ0v) is 15.0. The number of anilines is 1. The van der Waals surface area contributed by atoms with E-state index < -0.39 is 0 Å². The van der Waals surface area contributed by atoms with Gasteiger partial charge in [0.15, 0.2) is 0 Å². The van der Waals surface area contributed by atoms with Crippen LogP contribution >= 0.6 is 11.8 Å². The number of aromatic nitrogens is 1. The summed E-state index contributed by atoms with van der Waals surface area (Å²) < 4.78 is 0. The Morgan fingerprint density at radius 1 is 1.08 bits per heavy atom. The molecule has 0 radical (unpaired) electrons. The van der Waals surface area contributed by atoms with Gasteiger partial charge in [-0.1, -0.05) is 36.4 Å². The van der Waals surface area contributed by atoms with Gasteiger partial charge in [0, 0.05) is 27.3 Å². The van der Waals surface area contributed by atoms with Crippen molar-refractivity contribution in [3.8, 4) is 22.5 Å². The first-order chi connectivity index (χ1) is 12.5. The lowest BCUT2D eigenvalue weighted by Gasteiger charge is -2.14. The Hall–Kier alpha value is -3.12. The Labute approximate surface area is 156 Å². The van der Waals surface area contributed by atoms with Crippen LogP contribution in [-0.2, 0) is 0 Å². The van der Waals surface area contributed by atoms with E-state index >= 15 is 0 Å². The predicted octanol–water partition coefficient (Wildman–Crippen LogP) is 3.82. The molecule has 0 bridgehead atoms. The summed E-state index contributed by atoms with van der Waals surface area (Å²) >= 11 is 1.65. The maximum absolute atomic E-state index is 10.8. The highest BCUT2D eigenvalue weighted by molar-refractivity contribution is 7.98. The zero-order valence-electron chi connectivity index (χ0n) is 14.2. The molecule has 0 atom stereocenters. The summed E-state index contributed by atoms with van der Waals surface area (Å²) in [4.78, 5) is 16.7. The second-order valence-corrected chi connectivity index (χ2v) is 6.58. The molecule has 5 N–H and O–H groups in total. The van der Waals surface area contributed by atoms with E-state index in [0.29, 0.717) is 28.2 Å². The molecule has 3 aromatic rings. The topological polar surface area (TPSA) is 106 Å². The number of nitrogen functional groups attached to an aromatic ring is 2. The number of nitrogens with two attached hydrogens (primary N) is 2. The Morgan fingerprint density at radius 2 is 1.69 bits per heavy atom. The van der Waals surface area contributed by atoms with Gasteiger partial charge < -0.3 is 11.5 Å². The minimum atomic E-state index is -0.123. The highest BCUT2D eigenvalue weighted by atomic mass is 32.2. The molecular weight excluding hydrogens is 344 g/mol. The number of nitrogens with zero attached hydrogens (tertiary/aromatic N) is 1. The van der Waals surface area contributed by atoms with Gasteiger partial charge >= 0.3 is 0 Å². The lowest BCUT2D eigenvalue weighted by molar-refractivity contribution is 0.112. The first-order valence-electron chi connectivity index (χ1n) is 7.88. The van der Waals surface area contributed by atoms with Gasteiger partial charge in [-0.05, 0) is 24.5 Å². The summed E-state index contributed by atoms with van der Waals surface area (Å²) in [6, 6.07) is 16.7. The fourth-order valence-electron chi connectivity index (χ4n) is 2.69. The highest BCUT2D eigenvalue weighted by Gasteiger charge is 2.16. The van der Waals surface area contributed by atoms with Crippen molar-refractivity contribution in [3.05, 3.63) is 65.7 Å². The number of thioether (sulfide) groups is 1. The smallest absolute Gasteiger partial charge is 0.150 e. The number of rotatable bonds is 5. The molecule has 1 heterocycles. The van der Waals surface area contributed by atoms with Crippen LogP contribution in [0, 0.1) is 5.41 Å². The number of carbonyl (C=O) groups excluding carboxylic acids is 1. The van der Waals surface area contributed by atoms with E-state index in [-0.39, 0.29) is 5.84 Å². The number of carbonyl (C=O) groups is 1. The molecule has 0 amide bonds. The number of hydrogen-bond donors (Lipinski definition) is 3. The van der Waals surface area contributed by atoms with Crippen LogP contribution in [0.15, 0.2) is 59.5 Å². The lowest BCUT2D eigenvalue weighted by atomic mass is 10.0. The van der Waals surface area contributed by atoms with Gasteiger partial charge in [0.2, 0.25) is 0 Å². The van der Waals surface area contributed by atoms with Crippen LogP contribution in [0.2, 0.25) is 0 Å². The average molecular weight is 362 g/mol. The van der Waals surface area contributed by atoms with Gasteiger partial charge in [-0.15, -0.1) is 11.8 Å². The van der Waals surface area contributed by atoms with Crippen molar-refractivity contribution >= 4 is 29.6 Å². The number of benzene rings is 2. The molecule has 5 nitrogen and oxygen atoms in total. The third kappa shape index (κ3) is 3.45. The number of amidine groups is 1.